The second kappa shape index (κ2) is 4.28. The molecule has 0 heterocycles. The van der Waals surface area contributed by atoms with Gasteiger partial charge in [0, 0.05) is 0 Å². The quantitative estimate of drug-likeness (QED) is 0.568. The SMILES string of the molecule is OC1CCC(=C2CCCCC2)CC1. The standard InChI is InChI=1S/C12H20O/c13-12-8-6-11(7-9-12)10-4-2-1-3-5-10/h12-13H,1-9H2. The van der Waals surface area contributed by atoms with Gasteiger partial charge in [0.2, 0.25) is 0 Å². The van der Waals surface area contributed by atoms with Gasteiger partial charge in [-0.25, -0.2) is 0 Å². The Morgan fingerprint density at radius 3 is 1.92 bits per heavy atom. The average molecular weight is 180 g/mol. The number of hydrogen-bond acceptors (Lipinski definition) is 1. The van der Waals surface area contributed by atoms with E-state index in [0.29, 0.717) is 0 Å². The number of rotatable bonds is 0. The first-order valence-corrected chi connectivity index (χ1v) is 5.74. The first-order chi connectivity index (χ1) is 6.36. The van der Waals surface area contributed by atoms with Crippen molar-refractivity contribution in [3.63, 3.8) is 0 Å². The van der Waals surface area contributed by atoms with E-state index in [9.17, 15) is 5.11 Å². The van der Waals surface area contributed by atoms with Gasteiger partial charge in [0.15, 0.2) is 0 Å². The molecular formula is C12H20O. The fraction of sp³-hybridized carbons (Fsp3) is 0.833. The summed E-state index contributed by atoms with van der Waals surface area (Å²) in [7, 11) is 0. The molecule has 0 unspecified atom stereocenters. The maximum Gasteiger partial charge on any atom is 0.0546 e. The van der Waals surface area contributed by atoms with E-state index in [1.165, 1.54) is 44.9 Å². The van der Waals surface area contributed by atoms with Crippen LogP contribution in [-0.2, 0) is 0 Å². The van der Waals surface area contributed by atoms with Crippen LogP contribution in [0.25, 0.3) is 0 Å². The third-order valence-electron chi connectivity index (χ3n) is 3.52. The molecule has 1 nitrogen and oxygen atoms in total. The zero-order chi connectivity index (χ0) is 9.10. The Hall–Kier alpha value is -0.300. The maximum atomic E-state index is 9.40. The molecule has 1 heteroatoms. The molecule has 0 radical (unpaired) electrons. The second-order valence-electron chi connectivity index (χ2n) is 4.50. The van der Waals surface area contributed by atoms with Crippen molar-refractivity contribution in [1.29, 1.82) is 0 Å². The third kappa shape index (κ3) is 2.34. The van der Waals surface area contributed by atoms with Crippen molar-refractivity contribution in [1.82, 2.24) is 0 Å². The van der Waals surface area contributed by atoms with Crippen LogP contribution in [0.1, 0.15) is 57.8 Å². The van der Waals surface area contributed by atoms with Crippen LogP contribution in [0.2, 0.25) is 0 Å². The zero-order valence-electron chi connectivity index (χ0n) is 8.39. The first kappa shape index (κ1) is 9.26. The Balaban J connectivity index is 1.97. The monoisotopic (exact) mass is 180 g/mol. The molecule has 0 aliphatic heterocycles. The van der Waals surface area contributed by atoms with E-state index in [2.05, 4.69) is 0 Å². The minimum Gasteiger partial charge on any atom is -0.393 e. The van der Waals surface area contributed by atoms with Gasteiger partial charge in [-0.3, -0.25) is 0 Å². The number of allylic oxidation sites excluding steroid dienone is 2. The van der Waals surface area contributed by atoms with Gasteiger partial charge in [-0.2, -0.15) is 0 Å². The molecule has 0 aromatic carbocycles. The summed E-state index contributed by atoms with van der Waals surface area (Å²) in [5, 5.41) is 9.40. The van der Waals surface area contributed by atoms with Gasteiger partial charge < -0.3 is 5.11 Å². The van der Waals surface area contributed by atoms with Crippen molar-refractivity contribution < 1.29 is 5.11 Å². The second-order valence-corrected chi connectivity index (χ2v) is 4.50. The van der Waals surface area contributed by atoms with E-state index >= 15 is 0 Å². The molecule has 2 rings (SSSR count). The maximum absolute atomic E-state index is 9.40. The lowest BCUT2D eigenvalue weighted by Gasteiger charge is -2.25. The minimum atomic E-state index is -0.00654. The topological polar surface area (TPSA) is 20.2 Å². The van der Waals surface area contributed by atoms with Gasteiger partial charge in [0.1, 0.15) is 0 Å². The Labute approximate surface area is 80.8 Å². The van der Waals surface area contributed by atoms with Gasteiger partial charge in [0.25, 0.3) is 0 Å². The molecule has 0 amide bonds. The highest BCUT2D eigenvalue weighted by atomic mass is 16.3. The van der Waals surface area contributed by atoms with Crippen LogP contribution in [0.15, 0.2) is 11.1 Å². The molecule has 2 aliphatic rings. The molecule has 2 saturated carbocycles. The van der Waals surface area contributed by atoms with E-state index in [4.69, 9.17) is 0 Å². The summed E-state index contributed by atoms with van der Waals surface area (Å²) in [4.78, 5) is 0. The van der Waals surface area contributed by atoms with Crippen molar-refractivity contribution in [3.8, 4) is 0 Å². The number of aliphatic hydroxyl groups excluding tert-OH is 1. The molecule has 0 aromatic rings. The molecule has 0 spiro atoms. The third-order valence-corrected chi connectivity index (χ3v) is 3.52. The molecule has 1 N–H and O–H groups in total. The Bertz CT molecular complexity index is 187. The normalized spacial score (nSPS) is 30.7. The average Bonchev–Trinajstić information content (AvgIpc) is 2.20. The molecule has 2 fully saturated rings. The minimum absolute atomic E-state index is 0.00654. The van der Waals surface area contributed by atoms with Crippen LogP contribution >= 0.6 is 0 Å². The molecular weight excluding hydrogens is 160 g/mol. The summed E-state index contributed by atoms with van der Waals surface area (Å²) in [6, 6.07) is 0. The summed E-state index contributed by atoms with van der Waals surface area (Å²) in [5.74, 6) is 0. The summed E-state index contributed by atoms with van der Waals surface area (Å²) in [6.45, 7) is 0. The first-order valence-electron chi connectivity index (χ1n) is 5.74. The largest absolute Gasteiger partial charge is 0.393 e. The zero-order valence-corrected chi connectivity index (χ0v) is 8.39. The molecule has 74 valence electrons. The van der Waals surface area contributed by atoms with Crippen molar-refractivity contribution in [2.24, 2.45) is 0 Å². The summed E-state index contributed by atoms with van der Waals surface area (Å²) in [6.07, 6.45) is 11.3. The predicted molar refractivity (Wildman–Crippen MR) is 54.6 cm³/mol. The lowest BCUT2D eigenvalue weighted by Crippen LogP contribution is -2.14. The summed E-state index contributed by atoms with van der Waals surface area (Å²) >= 11 is 0. The molecule has 0 saturated heterocycles. The van der Waals surface area contributed by atoms with Crippen molar-refractivity contribution >= 4 is 0 Å². The van der Waals surface area contributed by atoms with Crippen molar-refractivity contribution in [3.05, 3.63) is 11.1 Å². The fourth-order valence-electron chi connectivity index (χ4n) is 2.64. The molecule has 13 heavy (non-hydrogen) atoms. The van der Waals surface area contributed by atoms with Crippen LogP contribution in [0.4, 0.5) is 0 Å². The highest BCUT2D eigenvalue weighted by Gasteiger charge is 2.17. The smallest absolute Gasteiger partial charge is 0.0546 e. The van der Waals surface area contributed by atoms with Gasteiger partial charge in [-0.15, -0.1) is 0 Å². The van der Waals surface area contributed by atoms with Gasteiger partial charge in [0.05, 0.1) is 6.10 Å². The van der Waals surface area contributed by atoms with Crippen LogP contribution in [0.5, 0.6) is 0 Å². The van der Waals surface area contributed by atoms with Crippen LogP contribution in [0, 0.1) is 0 Å². The van der Waals surface area contributed by atoms with Gasteiger partial charge >= 0.3 is 0 Å². The van der Waals surface area contributed by atoms with Crippen LogP contribution < -0.4 is 0 Å². The van der Waals surface area contributed by atoms with E-state index in [1.54, 1.807) is 11.1 Å². The van der Waals surface area contributed by atoms with Crippen LogP contribution in [0.3, 0.4) is 0 Å². The lowest BCUT2D eigenvalue weighted by molar-refractivity contribution is 0.143. The van der Waals surface area contributed by atoms with Crippen molar-refractivity contribution in [2.45, 2.75) is 63.9 Å². The Morgan fingerprint density at radius 1 is 0.769 bits per heavy atom. The van der Waals surface area contributed by atoms with E-state index in [0.717, 1.165) is 12.8 Å². The number of hydrogen-bond donors (Lipinski definition) is 1. The highest BCUT2D eigenvalue weighted by molar-refractivity contribution is 5.17. The van der Waals surface area contributed by atoms with Gasteiger partial charge in [-0.05, 0) is 51.4 Å². The Kier molecular flexibility index (Phi) is 3.05. The summed E-state index contributed by atoms with van der Waals surface area (Å²) < 4.78 is 0. The Morgan fingerprint density at radius 2 is 1.31 bits per heavy atom. The van der Waals surface area contributed by atoms with E-state index < -0.39 is 0 Å². The number of aliphatic hydroxyl groups is 1. The van der Waals surface area contributed by atoms with E-state index in [-0.39, 0.29) is 6.10 Å². The van der Waals surface area contributed by atoms with Gasteiger partial charge in [-0.1, -0.05) is 17.6 Å². The molecule has 0 aromatic heterocycles. The molecule has 0 atom stereocenters. The van der Waals surface area contributed by atoms with Crippen molar-refractivity contribution in [2.75, 3.05) is 0 Å². The summed E-state index contributed by atoms with van der Waals surface area (Å²) in [5.41, 5.74) is 3.45. The van der Waals surface area contributed by atoms with E-state index in [1.807, 2.05) is 0 Å². The lowest BCUT2D eigenvalue weighted by atomic mass is 9.83. The highest BCUT2D eigenvalue weighted by Crippen LogP contribution is 2.33. The molecule has 2 aliphatic carbocycles. The fourth-order valence-corrected chi connectivity index (χ4v) is 2.64. The predicted octanol–water partition coefficient (Wildman–Crippen LogP) is 3.18. The van der Waals surface area contributed by atoms with Crippen LogP contribution in [-0.4, -0.2) is 11.2 Å². The molecule has 0 bridgehead atoms.